The molecular weight excluding hydrogens is 466 g/mol. The molecule has 4 rings (SSSR count). The van der Waals surface area contributed by atoms with E-state index in [2.05, 4.69) is 31.5 Å². The first-order valence-corrected chi connectivity index (χ1v) is 11.9. The number of nitrogens with two attached hydrogens (primary N) is 1. The van der Waals surface area contributed by atoms with Gasteiger partial charge in [-0.25, -0.2) is 9.97 Å². The van der Waals surface area contributed by atoms with Crippen LogP contribution in [0.25, 0.3) is 11.3 Å². The van der Waals surface area contributed by atoms with Crippen molar-refractivity contribution >= 4 is 39.2 Å². The SMILES string of the molecule is NC1CCC(Nc2cc(-c3nc(NCC4CCOCC4)ccc3Br)c(Cl)cn2)CC1. The van der Waals surface area contributed by atoms with Gasteiger partial charge in [0.25, 0.3) is 0 Å². The minimum Gasteiger partial charge on any atom is -0.381 e. The zero-order valence-corrected chi connectivity index (χ0v) is 19.4. The standard InChI is InChI=1S/C22H29BrClN5O/c23-18-5-6-20(26-12-14-7-9-30-10-8-14)29-22(18)17-11-21(27-13-19(17)24)28-16-3-1-15(25)2-4-16/h5-6,11,13-16H,1-4,7-10,12,25H2,(H,26,29)(H,27,28). The second-order valence-corrected chi connectivity index (χ2v) is 9.53. The van der Waals surface area contributed by atoms with Crippen molar-refractivity contribution < 1.29 is 4.74 Å². The molecular formula is C22H29BrClN5O. The molecule has 8 heteroatoms. The molecule has 1 saturated heterocycles. The molecule has 0 aromatic carbocycles. The molecule has 1 saturated carbocycles. The monoisotopic (exact) mass is 493 g/mol. The van der Waals surface area contributed by atoms with Gasteiger partial charge in [-0.15, -0.1) is 0 Å². The van der Waals surface area contributed by atoms with Crippen molar-refractivity contribution in [1.29, 1.82) is 0 Å². The lowest BCUT2D eigenvalue weighted by Crippen LogP contribution is -2.33. The average Bonchev–Trinajstić information content (AvgIpc) is 2.77. The van der Waals surface area contributed by atoms with E-state index in [-0.39, 0.29) is 0 Å². The van der Waals surface area contributed by atoms with E-state index in [9.17, 15) is 0 Å². The van der Waals surface area contributed by atoms with Gasteiger partial charge in [0.1, 0.15) is 11.6 Å². The Morgan fingerprint density at radius 1 is 1.10 bits per heavy atom. The van der Waals surface area contributed by atoms with Crippen molar-refractivity contribution in [2.45, 2.75) is 50.6 Å². The van der Waals surface area contributed by atoms with Crippen LogP contribution < -0.4 is 16.4 Å². The van der Waals surface area contributed by atoms with Crippen LogP contribution in [0.5, 0.6) is 0 Å². The summed E-state index contributed by atoms with van der Waals surface area (Å²) in [5.74, 6) is 2.30. The van der Waals surface area contributed by atoms with Gasteiger partial charge >= 0.3 is 0 Å². The number of ether oxygens (including phenoxy) is 1. The number of hydrogen-bond acceptors (Lipinski definition) is 6. The summed E-state index contributed by atoms with van der Waals surface area (Å²) in [7, 11) is 0. The van der Waals surface area contributed by atoms with Crippen LogP contribution >= 0.6 is 27.5 Å². The van der Waals surface area contributed by atoms with Gasteiger partial charge in [-0.05, 0) is 78.6 Å². The molecule has 30 heavy (non-hydrogen) atoms. The lowest BCUT2D eigenvalue weighted by molar-refractivity contribution is 0.0699. The minimum absolute atomic E-state index is 0.327. The molecule has 2 aromatic rings. The number of hydrogen-bond donors (Lipinski definition) is 3. The average molecular weight is 495 g/mol. The summed E-state index contributed by atoms with van der Waals surface area (Å²) < 4.78 is 6.35. The normalized spacial score (nSPS) is 22.6. The first kappa shape index (κ1) is 21.8. The molecule has 0 bridgehead atoms. The van der Waals surface area contributed by atoms with Gasteiger partial charge in [-0.2, -0.15) is 0 Å². The lowest BCUT2D eigenvalue weighted by atomic mass is 9.92. The Morgan fingerprint density at radius 2 is 1.87 bits per heavy atom. The summed E-state index contributed by atoms with van der Waals surface area (Å²) in [6, 6.07) is 6.73. The van der Waals surface area contributed by atoms with Gasteiger partial charge in [-0.1, -0.05) is 11.6 Å². The third-order valence-electron chi connectivity index (χ3n) is 5.99. The number of nitrogens with one attached hydrogen (secondary N) is 2. The maximum Gasteiger partial charge on any atom is 0.126 e. The fourth-order valence-corrected chi connectivity index (χ4v) is 4.73. The van der Waals surface area contributed by atoms with Crippen LogP contribution in [0.2, 0.25) is 5.02 Å². The van der Waals surface area contributed by atoms with Crippen molar-refractivity contribution in [1.82, 2.24) is 9.97 Å². The smallest absolute Gasteiger partial charge is 0.126 e. The lowest BCUT2D eigenvalue weighted by Gasteiger charge is -2.27. The first-order chi connectivity index (χ1) is 14.6. The van der Waals surface area contributed by atoms with Gasteiger partial charge in [0.05, 0.1) is 10.7 Å². The molecule has 0 radical (unpaired) electrons. The van der Waals surface area contributed by atoms with Gasteiger partial charge in [0.15, 0.2) is 0 Å². The van der Waals surface area contributed by atoms with E-state index in [1.165, 1.54) is 0 Å². The van der Waals surface area contributed by atoms with Gasteiger partial charge < -0.3 is 21.1 Å². The van der Waals surface area contributed by atoms with Crippen LogP contribution in [0, 0.1) is 5.92 Å². The van der Waals surface area contributed by atoms with E-state index >= 15 is 0 Å². The molecule has 0 spiro atoms. The predicted molar refractivity (Wildman–Crippen MR) is 126 cm³/mol. The molecule has 1 aliphatic carbocycles. The van der Waals surface area contributed by atoms with E-state index in [1.54, 1.807) is 6.20 Å². The molecule has 0 atom stereocenters. The number of rotatable bonds is 6. The summed E-state index contributed by atoms with van der Waals surface area (Å²) in [6.45, 7) is 2.60. The highest BCUT2D eigenvalue weighted by Gasteiger charge is 2.20. The second kappa shape index (κ2) is 10.3. The Morgan fingerprint density at radius 3 is 2.63 bits per heavy atom. The summed E-state index contributed by atoms with van der Waals surface area (Å²) in [5, 5.41) is 7.61. The van der Waals surface area contributed by atoms with Crippen molar-refractivity contribution in [2.24, 2.45) is 11.7 Å². The van der Waals surface area contributed by atoms with E-state index in [4.69, 9.17) is 27.1 Å². The van der Waals surface area contributed by atoms with Gasteiger partial charge in [0.2, 0.25) is 0 Å². The van der Waals surface area contributed by atoms with Crippen LogP contribution in [-0.2, 0) is 4.74 Å². The van der Waals surface area contributed by atoms with Gasteiger partial charge in [-0.3, -0.25) is 0 Å². The Kier molecular flexibility index (Phi) is 7.46. The van der Waals surface area contributed by atoms with E-state index < -0.39 is 0 Å². The Labute approximate surface area is 191 Å². The number of pyridine rings is 2. The third kappa shape index (κ3) is 5.63. The number of aromatic nitrogens is 2. The van der Waals surface area contributed by atoms with Crippen LogP contribution in [0.1, 0.15) is 38.5 Å². The minimum atomic E-state index is 0.327. The molecule has 0 amide bonds. The molecule has 1 aliphatic heterocycles. The molecule has 6 nitrogen and oxygen atoms in total. The molecule has 3 heterocycles. The largest absolute Gasteiger partial charge is 0.381 e. The Hall–Kier alpha value is -1.41. The predicted octanol–water partition coefficient (Wildman–Crippen LogP) is 5.08. The molecule has 2 fully saturated rings. The highest BCUT2D eigenvalue weighted by atomic mass is 79.9. The van der Waals surface area contributed by atoms with Crippen LogP contribution in [0.15, 0.2) is 28.9 Å². The summed E-state index contributed by atoms with van der Waals surface area (Å²) in [5.41, 5.74) is 7.70. The van der Waals surface area contributed by atoms with Crippen molar-refractivity contribution in [3.05, 3.63) is 33.9 Å². The topological polar surface area (TPSA) is 85.1 Å². The molecule has 162 valence electrons. The summed E-state index contributed by atoms with van der Waals surface area (Å²) >= 11 is 10.2. The summed E-state index contributed by atoms with van der Waals surface area (Å²) in [6.07, 6.45) is 8.10. The van der Waals surface area contributed by atoms with E-state index in [0.29, 0.717) is 23.0 Å². The molecule has 2 aliphatic rings. The van der Waals surface area contributed by atoms with Crippen molar-refractivity contribution in [2.75, 3.05) is 30.4 Å². The highest BCUT2D eigenvalue weighted by molar-refractivity contribution is 9.10. The molecule has 2 aromatic heterocycles. The quantitative estimate of drug-likeness (QED) is 0.519. The fraction of sp³-hybridized carbons (Fsp3) is 0.545. The van der Waals surface area contributed by atoms with Crippen LogP contribution in [0.4, 0.5) is 11.6 Å². The maximum atomic E-state index is 6.51. The third-order valence-corrected chi connectivity index (χ3v) is 6.93. The summed E-state index contributed by atoms with van der Waals surface area (Å²) in [4.78, 5) is 9.32. The van der Waals surface area contributed by atoms with Crippen molar-refractivity contribution in [3.8, 4) is 11.3 Å². The highest BCUT2D eigenvalue weighted by Crippen LogP contribution is 2.34. The van der Waals surface area contributed by atoms with E-state index in [0.717, 1.165) is 85.6 Å². The van der Waals surface area contributed by atoms with E-state index in [1.807, 2.05) is 18.2 Å². The van der Waals surface area contributed by atoms with Crippen molar-refractivity contribution in [3.63, 3.8) is 0 Å². The number of nitrogens with zero attached hydrogens (tertiary/aromatic N) is 2. The first-order valence-electron chi connectivity index (χ1n) is 10.7. The van der Waals surface area contributed by atoms with Gasteiger partial charge in [0, 0.05) is 48.1 Å². The fourth-order valence-electron chi connectivity index (χ4n) is 4.10. The molecule has 4 N–H and O–H groups in total. The zero-order valence-electron chi connectivity index (χ0n) is 17.0. The number of halogens is 2. The maximum absolute atomic E-state index is 6.51. The Balaban J connectivity index is 1.49. The Bertz CT molecular complexity index is 853. The van der Waals surface area contributed by atoms with Crippen LogP contribution in [0.3, 0.4) is 0 Å². The second-order valence-electron chi connectivity index (χ2n) is 8.27. The van der Waals surface area contributed by atoms with Crippen LogP contribution in [-0.4, -0.2) is 41.8 Å². The molecule has 0 unspecified atom stereocenters. The zero-order chi connectivity index (χ0) is 20.9. The number of anilines is 2.